The number of nitrogens with one attached hydrogen (secondary N) is 1. The fourth-order valence-corrected chi connectivity index (χ4v) is 3.80. The average molecular weight is 408 g/mol. The number of benzene rings is 1. The highest BCUT2D eigenvalue weighted by Gasteiger charge is 2.58. The molecule has 1 saturated heterocycles. The molecule has 2 N–H and O–H groups in total. The number of anilines is 1. The maximum Gasteiger partial charge on any atom is 0.418 e. The molecule has 154 valence electrons. The smallest absolute Gasteiger partial charge is 0.379 e. The maximum atomic E-state index is 13.4. The van der Waals surface area contributed by atoms with E-state index in [-0.39, 0.29) is 23.0 Å². The molecule has 0 aliphatic carbocycles. The van der Waals surface area contributed by atoms with Crippen LogP contribution in [0.3, 0.4) is 0 Å². The van der Waals surface area contributed by atoms with Gasteiger partial charge in [-0.05, 0) is 44.9 Å². The zero-order valence-electron chi connectivity index (χ0n) is 14.9. The van der Waals surface area contributed by atoms with Crippen LogP contribution in [0.1, 0.15) is 32.3 Å². The normalized spacial score (nSPS) is 23.2. The summed E-state index contributed by atoms with van der Waals surface area (Å²) in [5.41, 5.74) is -5.09. The third-order valence-electron chi connectivity index (χ3n) is 5.32. The minimum atomic E-state index is -4.90. The molecule has 3 rings (SSSR count). The number of aliphatic hydroxyl groups is 1. The zero-order valence-corrected chi connectivity index (χ0v) is 14.9. The molecule has 2 aromatic rings. The van der Waals surface area contributed by atoms with Gasteiger partial charge in [0.2, 0.25) is 5.56 Å². The van der Waals surface area contributed by atoms with E-state index in [1.54, 1.807) is 6.92 Å². The molecule has 1 aliphatic rings. The fourth-order valence-electron chi connectivity index (χ4n) is 3.80. The second-order valence-corrected chi connectivity index (χ2v) is 7.27. The van der Waals surface area contributed by atoms with E-state index in [9.17, 15) is 36.2 Å². The largest absolute Gasteiger partial charge is 0.418 e. The molecule has 1 aromatic carbocycles. The van der Waals surface area contributed by atoms with Gasteiger partial charge in [0.05, 0.1) is 11.6 Å². The molecule has 2 heterocycles. The van der Waals surface area contributed by atoms with Gasteiger partial charge in [-0.3, -0.25) is 4.79 Å². The van der Waals surface area contributed by atoms with Crippen molar-refractivity contribution in [2.75, 3.05) is 4.90 Å². The van der Waals surface area contributed by atoms with Gasteiger partial charge in [-0.2, -0.15) is 26.3 Å². The number of alkyl halides is 6. The van der Waals surface area contributed by atoms with Crippen molar-refractivity contribution in [2.45, 2.75) is 56.7 Å². The van der Waals surface area contributed by atoms with Crippen molar-refractivity contribution in [2.24, 2.45) is 0 Å². The molecule has 4 nitrogen and oxygen atoms in total. The number of hydrogen-bond donors (Lipinski definition) is 2. The van der Waals surface area contributed by atoms with Crippen LogP contribution < -0.4 is 10.5 Å². The number of fused-ring (bicyclic) bond motifs is 1. The molecular formula is C18H18F6N2O2. The Labute approximate surface area is 155 Å². The van der Waals surface area contributed by atoms with Crippen LogP contribution in [-0.2, 0) is 6.18 Å². The van der Waals surface area contributed by atoms with Crippen molar-refractivity contribution in [1.82, 2.24) is 4.98 Å². The van der Waals surface area contributed by atoms with E-state index in [2.05, 4.69) is 4.98 Å². The van der Waals surface area contributed by atoms with Gasteiger partial charge in [0, 0.05) is 28.7 Å². The van der Waals surface area contributed by atoms with Crippen molar-refractivity contribution in [3.05, 3.63) is 40.2 Å². The minimum Gasteiger partial charge on any atom is -0.379 e. The first-order chi connectivity index (χ1) is 12.7. The summed E-state index contributed by atoms with van der Waals surface area (Å²) >= 11 is 0. The number of H-pyrrole nitrogens is 1. The Balaban J connectivity index is 2.17. The van der Waals surface area contributed by atoms with Crippen LogP contribution in [0.4, 0.5) is 32.0 Å². The molecule has 0 saturated carbocycles. The van der Waals surface area contributed by atoms with E-state index in [4.69, 9.17) is 0 Å². The summed E-state index contributed by atoms with van der Waals surface area (Å²) in [4.78, 5) is 15.1. The second-order valence-electron chi connectivity index (χ2n) is 7.27. The van der Waals surface area contributed by atoms with E-state index in [0.29, 0.717) is 19.4 Å². The summed E-state index contributed by atoms with van der Waals surface area (Å²) in [6.45, 7) is 2.32. The first kappa shape index (κ1) is 20.5. The molecule has 1 aromatic heterocycles. The molecule has 1 fully saturated rings. The number of halogens is 6. The van der Waals surface area contributed by atoms with Crippen molar-refractivity contribution < 1.29 is 31.4 Å². The third kappa shape index (κ3) is 3.34. The van der Waals surface area contributed by atoms with Crippen LogP contribution in [0, 0.1) is 0 Å². The number of pyridine rings is 1. The van der Waals surface area contributed by atoms with Crippen LogP contribution in [0.15, 0.2) is 29.1 Å². The monoisotopic (exact) mass is 408 g/mol. The Morgan fingerprint density at radius 2 is 1.75 bits per heavy atom. The van der Waals surface area contributed by atoms with Gasteiger partial charge >= 0.3 is 12.4 Å². The number of aromatic nitrogens is 1. The first-order valence-corrected chi connectivity index (χ1v) is 8.55. The Kier molecular flexibility index (Phi) is 4.68. The van der Waals surface area contributed by atoms with Crippen LogP contribution in [0.25, 0.3) is 10.9 Å². The van der Waals surface area contributed by atoms with E-state index in [0.717, 1.165) is 6.07 Å². The summed E-state index contributed by atoms with van der Waals surface area (Å²) in [6.07, 6.45) is -9.34. The van der Waals surface area contributed by atoms with Gasteiger partial charge in [-0.1, -0.05) is 0 Å². The molecule has 0 amide bonds. The van der Waals surface area contributed by atoms with Crippen molar-refractivity contribution >= 4 is 16.6 Å². The second kappa shape index (κ2) is 6.40. The molecule has 0 spiro atoms. The lowest BCUT2D eigenvalue weighted by atomic mass is 9.93. The molecule has 28 heavy (non-hydrogen) atoms. The summed E-state index contributed by atoms with van der Waals surface area (Å²) in [7, 11) is 0. The predicted molar refractivity (Wildman–Crippen MR) is 91.2 cm³/mol. The van der Waals surface area contributed by atoms with E-state index in [1.165, 1.54) is 17.0 Å². The quantitative estimate of drug-likeness (QED) is 0.732. The van der Waals surface area contributed by atoms with Gasteiger partial charge in [0.1, 0.15) is 0 Å². The molecular weight excluding hydrogens is 390 g/mol. The SMILES string of the molecule is C[C@@H]1CC[C@H]([C@@](C)(O)C(F)(F)F)N1c1ccc2[nH]c(=O)cc(C(F)(F)F)c2c1. The number of aromatic amines is 1. The van der Waals surface area contributed by atoms with E-state index >= 15 is 0 Å². The third-order valence-corrected chi connectivity index (χ3v) is 5.32. The number of hydrogen-bond acceptors (Lipinski definition) is 3. The van der Waals surface area contributed by atoms with Crippen molar-refractivity contribution in [3.63, 3.8) is 0 Å². The number of nitrogens with zero attached hydrogens (tertiary/aromatic N) is 1. The maximum absolute atomic E-state index is 13.4. The standard InChI is InChI=1S/C18H18F6N2O2/c1-9-3-6-14(16(2,28)18(22,23)24)26(9)10-4-5-13-11(7-10)12(17(19,20)21)8-15(27)25-13/h4-5,7-9,14,28H,3,6H2,1-2H3,(H,25,27)/t9-,14-,16-/m1/s1. The highest BCUT2D eigenvalue weighted by molar-refractivity contribution is 5.86. The van der Waals surface area contributed by atoms with Crippen molar-refractivity contribution in [1.29, 1.82) is 0 Å². The molecule has 10 heteroatoms. The van der Waals surface area contributed by atoms with Gasteiger partial charge in [-0.15, -0.1) is 0 Å². The average Bonchev–Trinajstić information content (AvgIpc) is 2.94. The van der Waals surface area contributed by atoms with Crippen LogP contribution in [-0.4, -0.2) is 34.0 Å². The summed E-state index contributed by atoms with van der Waals surface area (Å²) in [6, 6.07) is 2.33. The van der Waals surface area contributed by atoms with Crippen molar-refractivity contribution in [3.8, 4) is 0 Å². The Bertz CT molecular complexity index is 948. The molecule has 1 aliphatic heterocycles. The van der Waals surface area contributed by atoms with Crippen LogP contribution in [0.5, 0.6) is 0 Å². The van der Waals surface area contributed by atoms with Gasteiger partial charge in [0.25, 0.3) is 0 Å². The highest BCUT2D eigenvalue weighted by Crippen LogP contribution is 2.44. The van der Waals surface area contributed by atoms with Gasteiger partial charge < -0.3 is 15.0 Å². The summed E-state index contributed by atoms with van der Waals surface area (Å²) in [5, 5.41) is 9.81. The Morgan fingerprint density at radius 3 is 2.32 bits per heavy atom. The first-order valence-electron chi connectivity index (χ1n) is 8.55. The predicted octanol–water partition coefficient (Wildman–Crippen LogP) is 4.22. The molecule has 3 atom stereocenters. The molecule has 0 bridgehead atoms. The topological polar surface area (TPSA) is 56.3 Å². The highest BCUT2D eigenvalue weighted by atomic mass is 19.4. The van der Waals surface area contributed by atoms with E-state index < -0.39 is 41.2 Å². The van der Waals surface area contributed by atoms with Crippen LogP contribution >= 0.6 is 0 Å². The lowest BCUT2D eigenvalue weighted by Crippen LogP contribution is -2.58. The van der Waals surface area contributed by atoms with Gasteiger partial charge in [-0.25, -0.2) is 0 Å². The van der Waals surface area contributed by atoms with Gasteiger partial charge in [0.15, 0.2) is 5.60 Å². The van der Waals surface area contributed by atoms with E-state index in [1.807, 2.05) is 0 Å². The Hall–Kier alpha value is -2.23. The Morgan fingerprint density at radius 1 is 1.11 bits per heavy atom. The summed E-state index contributed by atoms with van der Waals surface area (Å²) in [5.74, 6) is 0. The minimum absolute atomic E-state index is 0.0312. The van der Waals surface area contributed by atoms with Crippen LogP contribution in [0.2, 0.25) is 0 Å². The molecule has 0 radical (unpaired) electrons. The lowest BCUT2D eigenvalue weighted by Gasteiger charge is -2.40. The fraction of sp³-hybridized carbons (Fsp3) is 0.500. The molecule has 0 unspecified atom stereocenters. The number of rotatable bonds is 2. The zero-order chi connectivity index (χ0) is 21.1. The summed E-state index contributed by atoms with van der Waals surface area (Å²) < 4.78 is 80.1. The lowest BCUT2D eigenvalue weighted by molar-refractivity contribution is -0.259.